The van der Waals surface area contributed by atoms with E-state index < -0.39 is 0 Å². The summed E-state index contributed by atoms with van der Waals surface area (Å²) in [5.74, 6) is -0.126. The van der Waals surface area contributed by atoms with Crippen molar-refractivity contribution in [1.82, 2.24) is 19.7 Å². The molecule has 1 aliphatic rings. The number of rotatable bonds is 3. The second kappa shape index (κ2) is 8.07. The first kappa shape index (κ1) is 20.2. The van der Waals surface area contributed by atoms with E-state index in [0.29, 0.717) is 36.1 Å². The van der Waals surface area contributed by atoms with E-state index in [9.17, 15) is 9.59 Å². The molecular formula is C25H25N5O2. The molecule has 0 atom stereocenters. The Morgan fingerprint density at radius 2 is 1.59 bits per heavy atom. The van der Waals surface area contributed by atoms with Gasteiger partial charge in [-0.25, -0.2) is 4.68 Å². The lowest BCUT2D eigenvalue weighted by molar-refractivity contribution is 0.0740. The van der Waals surface area contributed by atoms with Crippen molar-refractivity contribution in [2.45, 2.75) is 20.4 Å². The number of pyridine rings is 1. The fraction of sp³-hybridized carbons (Fsp3) is 0.280. The van der Waals surface area contributed by atoms with Crippen LogP contribution in [0.1, 0.15) is 23.0 Å². The zero-order valence-electron chi connectivity index (χ0n) is 18.3. The van der Waals surface area contributed by atoms with Crippen LogP contribution < -0.4 is 10.5 Å². The highest BCUT2D eigenvalue weighted by Gasteiger charge is 2.27. The van der Waals surface area contributed by atoms with Gasteiger partial charge in [0.2, 0.25) is 0 Å². The van der Waals surface area contributed by atoms with Crippen molar-refractivity contribution >= 4 is 33.3 Å². The Labute approximate surface area is 185 Å². The SMILES string of the molecule is CCn1nc(C(=O)N2CCN(c3c(C)cnc4ccccc34)CC2)c2ccccc2c1=O. The van der Waals surface area contributed by atoms with Crippen LogP contribution in [0.4, 0.5) is 5.69 Å². The molecule has 0 N–H and O–H groups in total. The Morgan fingerprint density at radius 1 is 0.938 bits per heavy atom. The number of fused-ring (bicyclic) bond motifs is 2. The molecule has 1 aliphatic heterocycles. The van der Waals surface area contributed by atoms with Gasteiger partial charge in [-0.05, 0) is 31.5 Å². The highest BCUT2D eigenvalue weighted by molar-refractivity contribution is 6.05. The fourth-order valence-electron chi connectivity index (χ4n) is 4.54. The van der Waals surface area contributed by atoms with E-state index in [1.165, 1.54) is 10.4 Å². The Hall–Kier alpha value is -3.74. The molecule has 1 fully saturated rings. The smallest absolute Gasteiger partial charge is 0.275 e. The topological polar surface area (TPSA) is 71.3 Å². The quantitative estimate of drug-likeness (QED) is 0.502. The average molecular weight is 428 g/mol. The molecule has 0 aliphatic carbocycles. The van der Waals surface area contributed by atoms with E-state index in [1.54, 1.807) is 12.1 Å². The van der Waals surface area contributed by atoms with Crippen LogP contribution in [0.2, 0.25) is 0 Å². The molecule has 2 aromatic heterocycles. The van der Waals surface area contributed by atoms with Crippen LogP contribution in [0.5, 0.6) is 0 Å². The summed E-state index contributed by atoms with van der Waals surface area (Å²) in [5, 5.41) is 6.70. The van der Waals surface area contributed by atoms with Crippen LogP contribution in [0.15, 0.2) is 59.5 Å². The van der Waals surface area contributed by atoms with E-state index >= 15 is 0 Å². The number of hydrogen-bond acceptors (Lipinski definition) is 5. The summed E-state index contributed by atoms with van der Waals surface area (Å²) in [6, 6.07) is 15.4. The third-order valence-electron chi connectivity index (χ3n) is 6.18. The van der Waals surface area contributed by atoms with Crippen molar-refractivity contribution < 1.29 is 4.79 Å². The number of nitrogens with zero attached hydrogens (tertiary/aromatic N) is 5. The molecule has 32 heavy (non-hydrogen) atoms. The highest BCUT2D eigenvalue weighted by atomic mass is 16.2. The molecule has 3 heterocycles. The van der Waals surface area contributed by atoms with E-state index in [-0.39, 0.29) is 11.5 Å². The van der Waals surface area contributed by atoms with Crippen LogP contribution in [0.3, 0.4) is 0 Å². The molecule has 0 unspecified atom stereocenters. The summed E-state index contributed by atoms with van der Waals surface area (Å²) in [6.07, 6.45) is 1.92. The van der Waals surface area contributed by atoms with Crippen LogP contribution >= 0.6 is 0 Å². The lowest BCUT2D eigenvalue weighted by Gasteiger charge is -2.37. The van der Waals surface area contributed by atoms with Gasteiger partial charge in [0.15, 0.2) is 5.69 Å². The average Bonchev–Trinajstić information content (AvgIpc) is 2.84. The largest absolute Gasteiger partial charge is 0.367 e. The molecule has 0 saturated carbocycles. The van der Waals surface area contributed by atoms with E-state index in [4.69, 9.17) is 0 Å². The molecule has 1 saturated heterocycles. The van der Waals surface area contributed by atoms with Crippen LogP contribution in [0.25, 0.3) is 21.7 Å². The molecule has 5 rings (SSSR count). The van der Waals surface area contributed by atoms with Gasteiger partial charge in [-0.1, -0.05) is 36.4 Å². The second-order valence-corrected chi connectivity index (χ2v) is 8.10. The summed E-state index contributed by atoms with van der Waals surface area (Å²) in [6.45, 7) is 7.00. The number of anilines is 1. The highest BCUT2D eigenvalue weighted by Crippen LogP contribution is 2.30. The summed E-state index contributed by atoms with van der Waals surface area (Å²) < 4.78 is 1.37. The Bertz CT molecular complexity index is 1390. The van der Waals surface area contributed by atoms with Gasteiger partial charge in [-0.3, -0.25) is 14.6 Å². The number of aryl methyl sites for hydroxylation is 2. The minimum Gasteiger partial charge on any atom is -0.367 e. The lowest BCUT2D eigenvalue weighted by atomic mass is 10.1. The van der Waals surface area contributed by atoms with E-state index in [1.807, 2.05) is 48.4 Å². The zero-order valence-corrected chi connectivity index (χ0v) is 18.3. The number of piperazine rings is 1. The number of para-hydroxylation sites is 1. The summed E-state index contributed by atoms with van der Waals surface area (Å²) >= 11 is 0. The number of carbonyl (C=O) groups is 1. The van der Waals surface area contributed by atoms with Crippen molar-refractivity contribution in [3.8, 4) is 0 Å². The van der Waals surface area contributed by atoms with Gasteiger partial charge in [0.1, 0.15) is 0 Å². The van der Waals surface area contributed by atoms with Crippen LogP contribution in [-0.2, 0) is 6.54 Å². The Morgan fingerprint density at radius 3 is 2.31 bits per heavy atom. The maximum atomic E-state index is 13.4. The van der Waals surface area contributed by atoms with Crippen LogP contribution in [0, 0.1) is 6.92 Å². The maximum absolute atomic E-state index is 13.4. The van der Waals surface area contributed by atoms with E-state index in [0.717, 1.165) is 29.6 Å². The summed E-state index contributed by atoms with van der Waals surface area (Å²) in [5.41, 5.74) is 3.48. The van der Waals surface area contributed by atoms with Gasteiger partial charge < -0.3 is 9.80 Å². The third-order valence-corrected chi connectivity index (χ3v) is 6.18. The van der Waals surface area contributed by atoms with Gasteiger partial charge in [0.25, 0.3) is 11.5 Å². The van der Waals surface area contributed by atoms with Gasteiger partial charge >= 0.3 is 0 Å². The minimum atomic E-state index is -0.162. The summed E-state index contributed by atoms with van der Waals surface area (Å²) in [4.78, 5) is 34.8. The first-order chi connectivity index (χ1) is 15.6. The maximum Gasteiger partial charge on any atom is 0.275 e. The molecule has 2 aromatic carbocycles. The normalized spacial score (nSPS) is 14.3. The Balaban J connectivity index is 1.44. The minimum absolute atomic E-state index is 0.126. The van der Waals surface area contributed by atoms with Gasteiger partial charge in [0.05, 0.1) is 16.6 Å². The molecule has 1 amide bonds. The van der Waals surface area contributed by atoms with Gasteiger partial charge in [-0.15, -0.1) is 0 Å². The van der Waals surface area contributed by atoms with Gasteiger partial charge in [0, 0.05) is 49.7 Å². The van der Waals surface area contributed by atoms with E-state index in [2.05, 4.69) is 28.0 Å². The monoisotopic (exact) mass is 427 g/mol. The standard InChI is InChI=1S/C25H25N5O2/c1-3-30-24(31)19-9-5-4-8-18(19)22(27-30)25(32)29-14-12-28(13-15-29)23-17(2)16-26-21-11-7-6-10-20(21)23/h4-11,16H,3,12-15H2,1-2H3. The van der Waals surface area contributed by atoms with Crippen molar-refractivity contribution in [3.05, 3.63) is 76.3 Å². The van der Waals surface area contributed by atoms with Crippen molar-refractivity contribution in [2.75, 3.05) is 31.1 Å². The lowest BCUT2D eigenvalue weighted by Crippen LogP contribution is -2.49. The molecule has 7 nitrogen and oxygen atoms in total. The number of amides is 1. The molecule has 0 spiro atoms. The molecule has 0 radical (unpaired) electrons. The van der Waals surface area contributed by atoms with Crippen molar-refractivity contribution in [3.63, 3.8) is 0 Å². The molecule has 4 aromatic rings. The molecular weight excluding hydrogens is 402 g/mol. The molecule has 7 heteroatoms. The number of benzene rings is 2. The Kier molecular flexibility index (Phi) is 5.09. The molecule has 0 bridgehead atoms. The summed E-state index contributed by atoms with van der Waals surface area (Å²) in [7, 11) is 0. The van der Waals surface area contributed by atoms with Crippen molar-refractivity contribution in [2.24, 2.45) is 0 Å². The molecule has 162 valence electrons. The fourth-order valence-corrected chi connectivity index (χ4v) is 4.54. The van der Waals surface area contributed by atoms with Crippen LogP contribution in [-0.4, -0.2) is 51.8 Å². The predicted octanol–water partition coefficient (Wildman–Crippen LogP) is 3.24. The first-order valence-electron chi connectivity index (χ1n) is 11.0. The third kappa shape index (κ3) is 3.30. The predicted molar refractivity (Wildman–Crippen MR) is 126 cm³/mol. The zero-order chi connectivity index (χ0) is 22.2. The number of hydrogen-bond donors (Lipinski definition) is 0. The number of carbonyl (C=O) groups excluding carboxylic acids is 1. The first-order valence-corrected chi connectivity index (χ1v) is 11.0. The van der Waals surface area contributed by atoms with Gasteiger partial charge in [-0.2, -0.15) is 5.10 Å². The number of aromatic nitrogens is 3. The second-order valence-electron chi connectivity index (χ2n) is 8.10. The van der Waals surface area contributed by atoms with Crippen molar-refractivity contribution in [1.29, 1.82) is 0 Å².